The molecule has 0 radical (unpaired) electrons. The van der Waals surface area contributed by atoms with Gasteiger partial charge < -0.3 is 14.2 Å². The predicted octanol–water partition coefficient (Wildman–Crippen LogP) is 25.1. The van der Waals surface area contributed by atoms with Crippen molar-refractivity contribution in [2.24, 2.45) is 0 Å². The Labute approximate surface area is 506 Å². The van der Waals surface area contributed by atoms with Crippen LogP contribution in [-0.2, 0) is 28.6 Å². The van der Waals surface area contributed by atoms with Gasteiger partial charge in [0, 0.05) is 19.3 Å². The highest BCUT2D eigenvalue weighted by atomic mass is 16.6. The lowest BCUT2D eigenvalue weighted by atomic mass is 10.0. The number of unbranched alkanes of at least 4 members (excludes halogenated alkanes) is 51. The van der Waals surface area contributed by atoms with E-state index in [1.807, 2.05) is 0 Å². The van der Waals surface area contributed by atoms with Crippen LogP contribution in [0.3, 0.4) is 0 Å². The largest absolute Gasteiger partial charge is 0.462 e. The highest BCUT2D eigenvalue weighted by Crippen LogP contribution is 2.19. The van der Waals surface area contributed by atoms with Gasteiger partial charge in [-0.05, 0) is 51.4 Å². The van der Waals surface area contributed by atoms with Crippen LogP contribution in [0.25, 0.3) is 0 Å². The smallest absolute Gasteiger partial charge is 0.306 e. The maximum Gasteiger partial charge on any atom is 0.306 e. The number of carbonyl (C=O) groups excluding carboxylic acids is 3. The lowest BCUT2D eigenvalue weighted by Crippen LogP contribution is -2.30. The fourth-order valence-corrected chi connectivity index (χ4v) is 11.2. The van der Waals surface area contributed by atoms with Crippen LogP contribution in [0.4, 0.5) is 0 Å². The van der Waals surface area contributed by atoms with Gasteiger partial charge in [-0.3, -0.25) is 14.4 Å². The van der Waals surface area contributed by atoms with Crippen LogP contribution >= 0.6 is 0 Å². The minimum atomic E-state index is -0.777. The quantitative estimate of drug-likeness (QED) is 0.0261. The molecule has 0 fully saturated rings. The van der Waals surface area contributed by atoms with Crippen molar-refractivity contribution in [3.8, 4) is 0 Å². The predicted molar refractivity (Wildman–Crippen MR) is 353 cm³/mol. The van der Waals surface area contributed by atoms with E-state index in [2.05, 4.69) is 57.2 Å². The zero-order valence-electron chi connectivity index (χ0n) is 54.8. The van der Waals surface area contributed by atoms with Gasteiger partial charge >= 0.3 is 17.9 Å². The SMILES string of the molecule is CC/C=C\C/C=C\C/C=C\CCCCCCCC(=O)OCC(COC(=O)CCCCCCCCCCCCCCCCCCCCCCCCCCC)OC(=O)CCCCCCCCCCCCCCCCCCCCCCCCC. The second-order valence-corrected chi connectivity index (χ2v) is 24.8. The van der Waals surface area contributed by atoms with E-state index >= 15 is 0 Å². The normalized spacial score (nSPS) is 12.2. The molecule has 0 aliphatic heterocycles. The Morgan fingerprint density at radius 2 is 0.481 bits per heavy atom. The van der Waals surface area contributed by atoms with Gasteiger partial charge in [0.05, 0.1) is 0 Å². The summed E-state index contributed by atoms with van der Waals surface area (Å²) in [5.41, 5.74) is 0. The van der Waals surface area contributed by atoms with Gasteiger partial charge in [-0.25, -0.2) is 0 Å². The van der Waals surface area contributed by atoms with Crippen molar-refractivity contribution >= 4 is 17.9 Å². The molecule has 0 bridgehead atoms. The molecule has 0 amide bonds. The van der Waals surface area contributed by atoms with Gasteiger partial charge in [0.15, 0.2) is 6.10 Å². The molecule has 0 rings (SSSR count). The molecule has 0 aromatic heterocycles. The highest BCUT2D eigenvalue weighted by molar-refractivity contribution is 5.71. The molecular weight excluding hydrogens is 997 g/mol. The third-order valence-electron chi connectivity index (χ3n) is 16.7. The van der Waals surface area contributed by atoms with Crippen molar-refractivity contribution in [1.82, 2.24) is 0 Å². The molecule has 0 N–H and O–H groups in total. The Balaban J connectivity index is 4.24. The summed E-state index contributed by atoms with van der Waals surface area (Å²) >= 11 is 0. The van der Waals surface area contributed by atoms with Crippen LogP contribution in [0.15, 0.2) is 36.5 Å². The number of ether oxygens (including phenoxy) is 3. The van der Waals surface area contributed by atoms with Crippen molar-refractivity contribution in [2.45, 2.75) is 412 Å². The first-order valence-electron chi connectivity index (χ1n) is 36.5. The first kappa shape index (κ1) is 78.6. The summed E-state index contributed by atoms with van der Waals surface area (Å²) in [6.45, 7) is 6.60. The molecule has 0 aromatic carbocycles. The highest BCUT2D eigenvalue weighted by Gasteiger charge is 2.19. The van der Waals surface area contributed by atoms with Crippen molar-refractivity contribution < 1.29 is 28.6 Å². The Morgan fingerprint density at radius 1 is 0.259 bits per heavy atom. The monoisotopic (exact) mass is 1140 g/mol. The molecule has 1 unspecified atom stereocenters. The van der Waals surface area contributed by atoms with E-state index in [9.17, 15) is 14.4 Å². The number of rotatable bonds is 68. The number of carbonyl (C=O) groups is 3. The zero-order chi connectivity index (χ0) is 58.5. The van der Waals surface area contributed by atoms with Crippen LogP contribution in [0.1, 0.15) is 406 Å². The maximum atomic E-state index is 13.0. The van der Waals surface area contributed by atoms with Crippen molar-refractivity contribution in [3.05, 3.63) is 36.5 Å². The van der Waals surface area contributed by atoms with E-state index in [4.69, 9.17) is 14.2 Å². The van der Waals surface area contributed by atoms with E-state index in [-0.39, 0.29) is 31.1 Å². The average Bonchev–Trinajstić information content (AvgIpc) is 3.47. The van der Waals surface area contributed by atoms with Crippen molar-refractivity contribution in [1.29, 1.82) is 0 Å². The Morgan fingerprint density at radius 3 is 0.753 bits per heavy atom. The second-order valence-electron chi connectivity index (χ2n) is 24.8. The van der Waals surface area contributed by atoms with Crippen LogP contribution < -0.4 is 0 Å². The molecule has 6 nitrogen and oxygen atoms in total. The summed E-state index contributed by atoms with van der Waals surface area (Å²) in [7, 11) is 0. The molecular formula is C75H140O6. The molecule has 0 aromatic rings. The van der Waals surface area contributed by atoms with Crippen molar-refractivity contribution in [2.75, 3.05) is 13.2 Å². The first-order chi connectivity index (χ1) is 40.0. The molecule has 81 heavy (non-hydrogen) atoms. The van der Waals surface area contributed by atoms with E-state index in [0.29, 0.717) is 19.3 Å². The number of allylic oxidation sites excluding steroid dienone is 6. The number of hydrogen-bond acceptors (Lipinski definition) is 6. The van der Waals surface area contributed by atoms with Crippen LogP contribution in [0, 0.1) is 0 Å². The third kappa shape index (κ3) is 68.3. The van der Waals surface area contributed by atoms with Gasteiger partial charge in [-0.2, -0.15) is 0 Å². The Hall–Kier alpha value is -2.37. The molecule has 0 saturated carbocycles. The summed E-state index contributed by atoms with van der Waals surface area (Å²) in [4.78, 5) is 38.5. The third-order valence-corrected chi connectivity index (χ3v) is 16.7. The topological polar surface area (TPSA) is 78.9 Å². The first-order valence-corrected chi connectivity index (χ1v) is 36.5. The van der Waals surface area contributed by atoms with E-state index in [1.54, 1.807) is 0 Å². The van der Waals surface area contributed by atoms with E-state index in [0.717, 1.165) is 96.3 Å². The Kier molecular flexibility index (Phi) is 68.1. The van der Waals surface area contributed by atoms with Gasteiger partial charge in [0.1, 0.15) is 13.2 Å². The van der Waals surface area contributed by atoms with Crippen LogP contribution in [0.2, 0.25) is 0 Å². The van der Waals surface area contributed by atoms with Crippen LogP contribution in [0.5, 0.6) is 0 Å². The molecule has 6 heteroatoms. The fraction of sp³-hybridized carbons (Fsp3) is 0.880. The lowest BCUT2D eigenvalue weighted by Gasteiger charge is -2.18. The summed E-state index contributed by atoms with van der Waals surface area (Å²) in [6.07, 6.45) is 87.6. The minimum Gasteiger partial charge on any atom is -0.462 e. The average molecular weight is 1140 g/mol. The molecule has 0 saturated heterocycles. The molecule has 0 aliphatic rings. The molecule has 476 valence electrons. The van der Waals surface area contributed by atoms with Crippen molar-refractivity contribution in [3.63, 3.8) is 0 Å². The molecule has 0 heterocycles. The van der Waals surface area contributed by atoms with Gasteiger partial charge in [0.2, 0.25) is 0 Å². The summed E-state index contributed by atoms with van der Waals surface area (Å²) in [5.74, 6) is -0.857. The number of hydrogen-bond donors (Lipinski definition) is 0. The standard InChI is InChI=1S/C75H140O6/c1-4-7-10-13-16-19-22-25-28-30-32-34-36-37-39-40-42-44-47-50-53-56-59-62-65-68-74(77)80-71-72(70-79-73(76)67-64-61-58-55-52-49-46-27-24-21-18-15-12-9-6-3)81-75(78)69-66-63-60-57-54-51-48-45-43-41-38-35-33-31-29-26-23-20-17-14-11-8-5-2/h9,12,18,21,27,46,72H,4-8,10-11,13-17,19-20,22-26,28-45,47-71H2,1-3H3/b12-9-,21-18-,46-27-. The van der Waals surface area contributed by atoms with E-state index in [1.165, 1.54) is 270 Å². The Bertz CT molecular complexity index is 1350. The fourth-order valence-electron chi connectivity index (χ4n) is 11.2. The van der Waals surface area contributed by atoms with Gasteiger partial charge in [-0.1, -0.05) is 372 Å². The molecule has 0 aliphatic carbocycles. The zero-order valence-corrected chi connectivity index (χ0v) is 54.8. The lowest BCUT2D eigenvalue weighted by molar-refractivity contribution is -0.167. The van der Waals surface area contributed by atoms with Gasteiger partial charge in [-0.15, -0.1) is 0 Å². The van der Waals surface area contributed by atoms with Gasteiger partial charge in [0.25, 0.3) is 0 Å². The minimum absolute atomic E-state index is 0.0717. The van der Waals surface area contributed by atoms with Crippen LogP contribution in [-0.4, -0.2) is 37.2 Å². The second kappa shape index (κ2) is 70.1. The molecule has 1 atom stereocenters. The molecule has 0 spiro atoms. The summed E-state index contributed by atoms with van der Waals surface area (Å²) in [5, 5.41) is 0. The number of esters is 3. The van der Waals surface area contributed by atoms with E-state index < -0.39 is 6.10 Å². The summed E-state index contributed by atoms with van der Waals surface area (Å²) < 4.78 is 17.0. The maximum absolute atomic E-state index is 13.0. The summed E-state index contributed by atoms with van der Waals surface area (Å²) in [6, 6.07) is 0.